The van der Waals surface area contributed by atoms with Crippen molar-refractivity contribution in [1.82, 2.24) is 0 Å². The van der Waals surface area contributed by atoms with Crippen molar-refractivity contribution in [2.75, 3.05) is 0 Å². The molecule has 1 fully saturated rings. The first kappa shape index (κ1) is 15.3. The van der Waals surface area contributed by atoms with Gasteiger partial charge in [-0.3, -0.25) is 4.79 Å². The average molecular weight is 310 g/mol. The molecule has 23 heavy (non-hydrogen) atoms. The minimum absolute atomic E-state index is 0.216. The second-order valence-corrected chi connectivity index (χ2v) is 5.66. The van der Waals surface area contributed by atoms with Gasteiger partial charge in [-0.25, -0.2) is 4.79 Å². The average Bonchev–Trinajstić information content (AvgIpc) is 2.87. The summed E-state index contributed by atoms with van der Waals surface area (Å²) in [6, 6.07) is 18.8. The Balaban J connectivity index is 1.87. The number of cyclic esters (lactones) is 1. The lowest BCUT2D eigenvalue weighted by Crippen LogP contribution is -2.27. The topological polar surface area (TPSA) is 52.6 Å². The molecule has 0 amide bonds. The normalized spacial score (nSPS) is 20.3. The van der Waals surface area contributed by atoms with Gasteiger partial charge in [-0.2, -0.15) is 0 Å². The number of ether oxygens (including phenoxy) is 2. The van der Waals surface area contributed by atoms with Crippen LogP contribution in [0, 0.1) is 0 Å². The number of carbonyl (C=O) groups is 2. The highest BCUT2D eigenvalue weighted by Gasteiger charge is 2.37. The van der Waals surface area contributed by atoms with E-state index in [1.54, 1.807) is 6.92 Å². The highest BCUT2D eigenvalue weighted by Crippen LogP contribution is 2.28. The van der Waals surface area contributed by atoms with Crippen LogP contribution in [-0.4, -0.2) is 24.1 Å². The molecule has 0 N–H and O–H groups in total. The summed E-state index contributed by atoms with van der Waals surface area (Å²) in [7, 11) is 0. The van der Waals surface area contributed by atoms with Crippen LogP contribution in [0.3, 0.4) is 0 Å². The van der Waals surface area contributed by atoms with Crippen molar-refractivity contribution >= 4 is 11.9 Å². The fourth-order valence-corrected chi connectivity index (χ4v) is 2.78. The molecule has 1 heterocycles. The summed E-state index contributed by atoms with van der Waals surface area (Å²) < 4.78 is 10.5. The van der Waals surface area contributed by atoms with Gasteiger partial charge in [0.05, 0.1) is 0 Å². The summed E-state index contributed by atoms with van der Waals surface area (Å²) in [4.78, 5) is 24.4. The van der Waals surface area contributed by atoms with Crippen molar-refractivity contribution in [3.05, 3.63) is 71.8 Å². The lowest BCUT2D eigenvalue weighted by atomic mass is 9.91. The van der Waals surface area contributed by atoms with E-state index in [4.69, 9.17) is 9.47 Å². The van der Waals surface area contributed by atoms with E-state index in [2.05, 4.69) is 0 Å². The van der Waals surface area contributed by atoms with E-state index in [9.17, 15) is 9.59 Å². The fourth-order valence-electron chi connectivity index (χ4n) is 2.78. The maximum absolute atomic E-state index is 12.7. The van der Waals surface area contributed by atoms with Crippen molar-refractivity contribution in [2.45, 2.75) is 31.5 Å². The Hall–Kier alpha value is -2.62. The van der Waals surface area contributed by atoms with Crippen LogP contribution in [0.25, 0.3) is 0 Å². The predicted octanol–water partition coefficient (Wildman–Crippen LogP) is 3.07. The molecule has 118 valence electrons. The van der Waals surface area contributed by atoms with Crippen LogP contribution in [0.1, 0.15) is 30.4 Å². The number of benzene rings is 2. The summed E-state index contributed by atoms with van der Waals surface area (Å²) >= 11 is 0. The molecule has 0 aliphatic carbocycles. The van der Waals surface area contributed by atoms with E-state index in [1.165, 1.54) is 0 Å². The molecule has 0 aromatic heterocycles. The van der Waals surface area contributed by atoms with Gasteiger partial charge in [0.15, 0.2) is 0 Å². The number of hydrogen-bond donors (Lipinski definition) is 0. The third-order valence-corrected chi connectivity index (χ3v) is 3.89. The Morgan fingerprint density at radius 1 is 1.04 bits per heavy atom. The lowest BCUT2D eigenvalue weighted by molar-refractivity contribution is -0.161. The van der Waals surface area contributed by atoms with E-state index < -0.39 is 24.0 Å². The summed E-state index contributed by atoms with van der Waals surface area (Å²) in [5.74, 6) is -1.45. The van der Waals surface area contributed by atoms with Gasteiger partial charge in [0.2, 0.25) is 6.10 Å². The molecule has 1 aliphatic rings. The number of carbonyl (C=O) groups excluding carboxylic acids is 2. The van der Waals surface area contributed by atoms with Crippen LogP contribution in [0.4, 0.5) is 0 Å². The second-order valence-electron chi connectivity index (χ2n) is 5.66. The van der Waals surface area contributed by atoms with Gasteiger partial charge in [0, 0.05) is 6.42 Å². The van der Waals surface area contributed by atoms with E-state index in [1.807, 2.05) is 60.7 Å². The molecule has 2 aromatic carbocycles. The quantitative estimate of drug-likeness (QED) is 0.814. The van der Waals surface area contributed by atoms with Gasteiger partial charge in [-0.15, -0.1) is 0 Å². The third-order valence-electron chi connectivity index (χ3n) is 3.89. The van der Waals surface area contributed by atoms with E-state index >= 15 is 0 Å². The van der Waals surface area contributed by atoms with E-state index in [0.717, 1.165) is 11.1 Å². The molecule has 0 spiro atoms. The Labute approximate surface area is 135 Å². The van der Waals surface area contributed by atoms with Gasteiger partial charge in [-0.1, -0.05) is 60.7 Å². The van der Waals surface area contributed by atoms with Gasteiger partial charge >= 0.3 is 11.9 Å². The molecule has 2 aromatic rings. The van der Waals surface area contributed by atoms with Crippen molar-refractivity contribution in [3.63, 3.8) is 0 Å². The molecular weight excluding hydrogens is 292 g/mol. The third kappa shape index (κ3) is 3.42. The Morgan fingerprint density at radius 2 is 1.57 bits per heavy atom. The van der Waals surface area contributed by atoms with Gasteiger partial charge in [0.25, 0.3) is 0 Å². The Morgan fingerprint density at radius 3 is 2.00 bits per heavy atom. The molecule has 4 nitrogen and oxygen atoms in total. The molecule has 0 saturated carbocycles. The van der Waals surface area contributed by atoms with Gasteiger partial charge < -0.3 is 9.47 Å². The van der Waals surface area contributed by atoms with Gasteiger partial charge in [-0.05, 0) is 18.1 Å². The lowest BCUT2D eigenvalue weighted by Gasteiger charge is -2.18. The van der Waals surface area contributed by atoms with Crippen LogP contribution in [0.5, 0.6) is 0 Å². The zero-order valence-corrected chi connectivity index (χ0v) is 12.8. The van der Waals surface area contributed by atoms with E-state index in [0.29, 0.717) is 6.42 Å². The molecule has 0 bridgehead atoms. The second kappa shape index (κ2) is 6.65. The molecule has 0 unspecified atom stereocenters. The maximum atomic E-state index is 12.7. The molecule has 4 heteroatoms. The summed E-state index contributed by atoms with van der Waals surface area (Å²) in [6.07, 6.45) is -0.624. The Bertz CT molecular complexity index is 642. The maximum Gasteiger partial charge on any atom is 0.347 e. The minimum atomic E-state index is -0.813. The Kier molecular flexibility index (Phi) is 4.42. The number of esters is 2. The molecule has 0 radical (unpaired) electrons. The van der Waals surface area contributed by atoms with Crippen molar-refractivity contribution in [3.8, 4) is 0 Å². The number of rotatable bonds is 4. The van der Waals surface area contributed by atoms with Crippen molar-refractivity contribution < 1.29 is 19.1 Å². The van der Waals surface area contributed by atoms with Crippen LogP contribution in [0.15, 0.2) is 60.7 Å². The molecule has 1 saturated heterocycles. The van der Waals surface area contributed by atoms with E-state index in [-0.39, 0.29) is 6.10 Å². The SMILES string of the molecule is C[C@H]1C[C@@H](OC(=O)C(c2ccccc2)c2ccccc2)C(=O)O1. The zero-order valence-electron chi connectivity index (χ0n) is 12.8. The fraction of sp³-hybridized carbons (Fsp3) is 0.263. The first-order valence-electron chi connectivity index (χ1n) is 7.66. The monoisotopic (exact) mass is 310 g/mol. The summed E-state index contributed by atoms with van der Waals surface area (Å²) in [5, 5.41) is 0. The first-order valence-corrected chi connectivity index (χ1v) is 7.66. The van der Waals surface area contributed by atoms with Crippen LogP contribution in [-0.2, 0) is 19.1 Å². The summed E-state index contributed by atoms with van der Waals surface area (Å²) in [6.45, 7) is 1.79. The standard InChI is InChI=1S/C19H18O4/c1-13-12-16(18(20)22-13)23-19(21)17(14-8-4-2-5-9-14)15-10-6-3-7-11-15/h2-11,13,16-17H,12H2,1H3/t13-,16+/m0/s1. The number of hydrogen-bond acceptors (Lipinski definition) is 4. The molecule has 2 atom stereocenters. The molecular formula is C19H18O4. The zero-order chi connectivity index (χ0) is 16.2. The predicted molar refractivity (Wildman–Crippen MR) is 84.8 cm³/mol. The minimum Gasteiger partial charge on any atom is -0.460 e. The first-order chi connectivity index (χ1) is 11.1. The smallest absolute Gasteiger partial charge is 0.347 e. The van der Waals surface area contributed by atoms with Crippen LogP contribution >= 0.6 is 0 Å². The van der Waals surface area contributed by atoms with Crippen LogP contribution < -0.4 is 0 Å². The molecule has 3 rings (SSSR count). The van der Waals surface area contributed by atoms with Crippen LogP contribution in [0.2, 0.25) is 0 Å². The highest BCUT2D eigenvalue weighted by atomic mass is 16.6. The summed E-state index contributed by atoms with van der Waals surface area (Å²) in [5.41, 5.74) is 1.67. The van der Waals surface area contributed by atoms with Crippen molar-refractivity contribution in [1.29, 1.82) is 0 Å². The van der Waals surface area contributed by atoms with Gasteiger partial charge in [0.1, 0.15) is 12.0 Å². The molecule has 1 aliphatic heterocycles. The van der Waals surface area contributed by atoms with Crippen molar-refractivity contribution in [2.24, 2.45) is 0 Å². The largest absolute Gasteiger partial charge is 0.460 e. The highest BCUT2D eigenvalue weighted by molar-refractivity contribution is 5.86.